The van der Waals surface area contributed by atoms with Crippen molar-refractivity contribution in [2.75, 3.05) is 12.8 Å². The highest BCUT2D eigenvalue weighted by molar-refractivity contribution is 9.10. The van der Waals surface area contributed by atoms with Crippen LogP contribution < -0.4 is 5.32 Å². The zero-order chi connectivity index (χ0) is 13.0. The van der Waals surface area contributed by atoms with Gasteiger partial charge in [0.1, 0.15) is 0 Å². The largest absolute Gasteiger partial charge is 0.312 e. The Morgan fingerprint density at radius 1 is 1.39 bits per heavy atom. The second kappa shape index (κ2) is 6.55. The maximum atomic E-state index is 4.48. The first kappa shape index (κ1) is 13.8. The van der Waals surface area contributed by atoms with E-state index in [9.17, 15) is 0 Å². The predicted molar refractivity (Wildman–Crippen MR) is 84.1 cm³/mol. The minimum atomic E-state index is 0.639. The molecule has 1 unspecified atom stereocenters. The number of nitrogens with zero attached hydrogens (tertiary/aromatic N) is 1. The molecular weight excluding hydrogens is 308 g/mol. The van der Waals surface area contributed by atoms with Crippen LogP contribution in [0.5, 0.6) is 0 Å². The summed E-state index contributed by atoms with van der Waals surface area (Å²) < 4.78 is 1.10. The number of nitrogens with one attached hydrogen (secondary N) is 1. The van der Waals surface area contributed by atoms with Gasteiger partial charge in [-0.3, -0.25) is 4.98 Å². The topological polar surface area (TPSA) is 24.9 Å². The highest BCUT2D eigenvalue weighted by Crippen LogP contribution is 2.25. The van der Waals surface area contributed by atoms with Crippen LogP contribution in [0.1, 0.15) is 12.5 Å². The molecule has 1 atom stereocenters. The summed E-state index contributed by atoms with van der Waals surface area (Å²) in [7, 11) is 0. The molecule has 1 aromatic heterocycles. The van der Waals surface area contributed by atoms with Gasteiger partial charge in [0.15, 0.2) is 0 Å². The summed E-state index contributed by atoms with van der Waals surface area (Å²) in [6, 6.07) is 8.30. The summed E-state index contributed by atoms with van der Waals surface area (Å²) in [5.41, 5.74) is 2.33. The summed E-state index contributed by atoms with van der Waals surface area (Å²) in [5.74, 6) is 0. The molecule has 2 rings (SSSR count). The van der Waals surface area contributed by atoms with Crippen LogP contribution in [0.4, 0.5) is 0 Å². The van der Waals surface area contributed by atoms with Gasteiger partial charge in [-0.2, -0.15) is 11.8 Å². The molecule has 1 N–H and O–H groups in total. The zero-order valence-corrected chi connectivity index (χ0v) is 13.0. The number of thioether (sulfide) groups is 1. The molecule has 0 fully saturated rings. The van der Waals surface area contributed by atoms with Crippen molar-refractivity contribution in [1.82, 2.24) is 10.3 Å². The second-order valence-corrected chi connectivity index (χ2v) is 6.41. The van der Waals surface area contributed by atoms with Crippen LogP contribution >= 0.6 is 27.7 Å². The SMILES string of the molecule is CSC(C)CNCc1ccc(Br)c2cccnc12. The lowest BCUT2D eigenvalue weighted by molar-refractivity contribution is 0.686. The van der Waals surface area contributed by atoms with Crippen molar-refractivity contribution in [2.45, 2.75) is 18.7 Å². The third-order valence-corrected chi connectivity index (χ3v) is 4.61. The van der Waals surface area contributed by atoms with Gasteiger partial charge in [0.25, 0.3) is 0 Å². The van der Waals surface area contributed by atoms with Crippen molar-refractivity contribution in [1.29, 1.82) is 0 Å². The minimum Gasteiger partial charge on any atom is -0.312 e. The van der Waals surface area contributed by atoms with Crippen molar-refractivity contribution in [3.05, 3.63) is 40.5 Å². The van der Waals surface area contributed by atoms with Crippen molar-refractivity contribution in [3.63, 3.8) is 0 Å². The molecule has 2 aromatic rings. The lowest BCUT2D eigenvalue weighted by Crippen LogP contribution is -2.22. The summed E-state index contributed by atoms with van der Waals surface area (Å²) >= 11 is 5.45. The molecule has 0 amide bonds. The van der Waals surface area contributed by atoms with Crippen LogP contribution in [-0.4, -0.2) is 23.0 Å². The van der Waals surface area contributed by atoms with Crippen molar-refractivity contribution in [3.8, 4) is 0 Å². The normalized spacial score (nSPS) is 12.8. The van der Waals surface area contributed by atoms with E-state index in [0.717, 1.165) is 23.1 Å². The van der Waals surface area contributed by atoms with E-state index < -0.39 is 0 Å². The fourth-order valence-electron chi connectivity index (χ4n) is 1.83. The van der Waals surface area contributed by atoms with E-state index in [0.29, 0.717) is 5.25 Å². The summed E-state index contributed by atoms with van der Waals surface area (Å²) in [6.07, 6.45) is 3.99. The molecule has 2 nitrogen and oxygen atoms in total. The number of hydrogen-bond acceptors (Lipinski definition) is 3. The van der Waals surface area contributed by atoms with Crippen LogP contribution in [0.25, 0.3) is 10.9 Å². The van der Waals surface area contributed by atoms with Crippen molar-refractivity contribution >= 4 is 38.6 Å². The lowest BCUT2D eigenvalue weighted by Gasteiger charge is -2.11. The third-order valence-electron chi connectivity index (χ3n) is 2.95. The summed E-state index contributed by atoms with van der Waals surface area (Å²) in [5, 5.41) is 5.30. The van der Waals surface area contributed by atoms with Gasteiger partial charge in [-0.15, -0.1) is 0 Å². The van der Waals surface area contributed by atoms with Gasteiger partial charge in [0, 0.05) is 34.4 Å². The minimum absolute atomic E-state index is 0.639. The third kappa shape index (κ3) is 3.25. The van der Waals surface area contributed by atoms with E-state index in [2.05, 4.69) is 57.6 Å². The smallest absolute Gasteiger partial charge is 0.0758 e. The van der Waals surface area contributed by atoms with Gasteiger partial charge in [0.05, 0.1) is 5.52 Å². The monoisotopic (exact) mass is 324 g/mol. The first-order chi connectivity index (χ1) is 8.72. The lowest BCUT2D eigenvalue weighted by atomic mass is 10.1. The second-order valence-electron chi connectivity index (χ2n) is 4.28. The number of benzene rings is 1. The Kier molecular flexibility index (Phi) is 5.03. The Balaban J connectivity index is 2.16. The number of aromatic nitrogens is 1. The van der Waals surface area contributed by atoms with Gasteiger partial charge >= 0.3 is 0 Å². The molecule has 0 saturated heterocycles. The van der Waals surface area contributed by atoms with Crippen LogP contribution in [0.3, 0.4) is 0 Å². The molecule has 0 spiro atoms. The molecular formula is C14H17BrN2S. The maximum Gasteiger partial charge on any atom is 0.0758 e. The van der Waals surface area contributed by atoms with Crippen LogP contribution in [0.15, 0.2) is 34.9 Å². The number of pyridine rings is 1. The molecule has 0 saturated carbocycles. The molecule has 0 aliphatic carbocycles. The van der Waals surface area contributed by atoms with Gasteiger partial charge in [-0.25, -0.2) is 0 Å². The molecule has 0 aliphatic heterocycles. The van der Waals surface area contributed by atoms with Crippen LogP contribution in [0.2, 0.25) is 0 Å². The fourth-order valence-corrected chi connectivity index (χ4v) is 2.57. The van der Waals surface area contributed by atoms with Crippen LogP contribution in [-0.2, 0) is 6.54 Å². The molecule has 96 valence electrons. The van der Waals surface area contributed by atoms with E-state index in [1.165, 1.54) is 10.9 Å². The van der Waals surface area contributed by atoms with Crippen molar-refractivity contribution in [2.24, 2.45) is 0 Å². The predicted octanol–water partition coefficient (Wildman–Crippen LogP) is 3.84. The van der Waals surface area contributed by atoms with E-state index >= 15 is 0 Å². The Labute approximate surface area is 121 Å². The zero-order valence-electron chi connectivity index (χ0n) is 10.6. The summed E-state index contributed by atoms with van der Waals surface area (Å²) in [6.45, 7) is 4.12. The maximum absolute atomic E-state index is 4.48. The molecule has 0 radical (unpaired) electrons. The number of halogens is 1. The van der Waals surface area contributed by atoms with Gasteiger partial charge in [0.2, 0.25) is 0 Å². The average molecular weight is 325 g/mol. The molecule has 1 heterocycles. The Morgan fingerprint density at radius 2 is 2.22 bits per heavy atom. The van der Waals surface area contributed by atoms with Gasteiger partial charge in [-0.05, 0) is 24.0 Å². The Bertz CT molecular complexity index is 530. The summed E-state index contributed by atoms with van der Waals surface area (Å²) in [4.78, 5) is 4.48. The highest BCUT2D eigenvalue weighted by Gasteiger charge is 2.05. The highest BCUT2D eigenvalue weighted by atomic mass is 79.9. The Morgan fingerprint density at radius 3 is 3.00 bits per heavy atom. The molecule has 0 bridgehead atoms. The molecule has 0 aliphatic rings. The van der Waals surface area contributed by atoms with E-state index in [4.69, 9.17) is 0 Å². The van der Waals surface area contributed by atoms with Gasteiger partial charge < -0.3 is 5.32 Å². The number of fused-ring (bicyclic) bond motifs is 1. The van der Waals surface area contributed by atoms with E-state index in [1.807, 2.05) is 24.0 Å². The van der Waals surface area contributed by atoms with Crippen molar-refractivity contribution < 1.29 is 0 Å². The first-order valence-electron chi connectivity index (χ1n) is 5.98. The first-order valence-corrected chi connectivity index (χ1v) is 8.06. The number of rotatable bonds is 5. The fraction of sp³-hybridized carbons (Fsp3) is 0.357. The van der Waals surface area contributed by atoms with E-state index in [-0.39, 0.29) is 0 Å². The van der Waals surface area contributed by atoms with Crippen LogP contribution in [0, 0.1) is 0 Å². The van der Waals surface area contributed by atoms with E-state index in [1.54, 1.807) is 0 Å². The molecule has 1 aromatic carbocycles. The number of hydrogen-bond donors (Lipinski definition) is 1. The molecule has 18 heavy (non-hydrogen) atoms. The Hall–Kier alpha value is -0.580. The quantitative estimate of drug-likeness (QED) is 0.904. The molecule has 4 heteroatoms. The average Bonchev–Trinajstić information content (AvgIpc) is 2.41. The standard InChI is InChI=1S/C14H17BrN2S/c1-10(18-2)8-16-9-11-5-6-13(15)12-4-3-7-17-14(11)12/h3-7,10,16H,8-9H2,1-2H3. The van der Waals surface area contributed by atoms with Gasteiger partial charge in [-0.1, -0.05) is 35.0 Å².